The maximum absolute atomic E-state index is 12.0. The lowest BCUT2D eigenvalue weighted by molar-refractivity contribution is -0.153. The van der Waals surface area contributed by atoms with Gasteiger partial charge in [0.25, 0.3) is 0 Å². The maximum Gasteiger partial charge on any atom is 0.407 e. The summed E-state index contributed by atoms with van der Waals surface area (Å²) in [7, 11) is 1.43. The van der Waals surface area contributed by atoms with Gasteiger partial charge in [0.05, 0.1) is 6.04 Å². The smallest absolute Gasteiger partial charge is 0.407 e. The molecule has 3 aliphatic rings. The molecule has 0 unspecified atom stereocenters. The van der Waals surface area contributed by atoms with E-state index in [2.05, 4.69) is 10.6 Å². The molecule has 0 aromatic carbocycles. The lowest BCUT2D eigenvalue weighted by Crippen LogP contribution is -2.68. The minimum Gasteiger partial charge on any atom is -0.477 e. The van der Waals surface area contributed by atoms with E-state index in [1.165, 1.54) is 11.9 Å². The number of hydrogen-bond acceptors (Lipinski definition) is 5. The molecule has 108 valence electrons. The van der Waals surface area contributed by atoms with Crippen molar-refractivity contribution in [2.24, 2.45) is 5.92 Å². The Morgan fingerprint density at radius 1 is 1.55 bits per heavy atom. The Morgan fingerprint density at radius 3 is 2.95 bits per heavy atom. The molecule has 0 aliphatic carbocycles. The molecule has 20 heavy (non-hydrogen) atoms. The van der Waals surface area contributed by atoms with E-state index in [0.29, 0.717) is 18.5 Å². The van der Waals surface area contributed by atoms with Crippen LogP contribution in [0, 0.1) is 5.92 Å². The molecule has 8 heteroatoms. The van der Waals surface area contributed by atoms with Crippen molar-refractivity contribution in [3.8, 4) is 0 Å². The first kappa shape index (κ1) is 12.9. The predicted molar refractivity (Wildman–Crippen MR) is 65.6 cm³/mol. The van der Waals surface area contributed by atoms with Crippen LogP contribution in [-0.4, -0.2) is 60.3 Å². The number of nitrogens with zero attached hydrogens (tertiary/aromatic N) is 1. The average Bonchev–Trinajstić information content (AvgIpc) is 2.83. The summed E-state index contributed by atoms with van der Waals surface area (Å²) in [4.78, 5) is 35.8. The molecule has 0 bridgehead atoms. The standard InChI is InChI=1S/C12H15N3O5/c1-13-12(19)20-4-6-2-5-3-14-7-8(5)15(10(7)16)9(6)11(17)18/h5,7-8,14H,2-4H2,1H3,(H,13,19)(H,17,18)/t5-,7+,8-/m1/s1. The van der Waals surface area contributed by atoms with Gasteiger partial charge in [-0.1, -0.05) is 0 Å². The number of carbonyl (C=O) groups is 3. The molecule has 0 aromatic rings. The molecule has 3 atom stereocenters. The minimum atomic E-state index is -1.15. The Balaban J connectivity index is 1.88. The number of nitrogens with one attached hydrogen (secondary N) is 2. The van der Waals surface area contributed by atoms with Crippen molar-refractivity contribution in [3.05, 3.63) is 11.3 Å². The molecule has 0 aromatic heterocycles. The number of carbonyl (C=O) groups excluding carboxylic acids is 2. The Kier molecular flexibility index (Phi) is 2.89. The number of ether oxygens (including phenoxy) is 1. The maximum atomic E-state index is 12.0. The van der Waals surface area contributed by atoms with Gasteiger partial charge in [-0.25, -0.2) is 9.59 Å². The third-order valence-electron chi connectivity index (χ3n) is 4.09. The lowest BCUT2D eigenvalue weighted by atomic mass is 9.79. The Labute approximate surface area is 114 Å². The highest BCUT2D eigenvalue weighted by atomic mass is 16.5. The molecule has 0 spiro atoms. The Morgan fingerprint density at radius 2 is 2.30 bits per heavy atom. The van der Waals surface area contributed by atoms with Gasteiger partial charge in [-0.15, -0.1) is 0 Å². The van der Waals surface area contributed by atoms with Crippen LogP contribution in [0.15, 0.2) is 11.3 Å². The van der Waals surface area contributed by atoms with Crippen LogP contribution >= 0.6 is 0 Å². The first-order chi connectivity index (χ1) is 9.54. The quantitative estimate of drug-likeness (QED) is 0.566. The molecule has 2 amide bonds. The van der Waals surface area contributed by atoms with E-state index >= 15 is 0 Å². The molecule has 8 nitrogen and oxygen atoms in total. The first-order valence-electron chi connectivity index (χ1n) is 6.41. The zero-order valence-corrected chi connectivity index (χ0v) is 10.9. The van der Waals surface area contributed by atoms with Gasteiger partial charge >= 0.3 is 12.1 Å². The summed E-state index contributed by atoms with van der Waals surface area (Å²) >= 11 is 0. The van der Waals surface area contributed by atoms with Crippen molar-refractivity contribution < 1.29 is 24.2 Å². The number of rotatable bonds is 3. The van der Waals surface area contributed by atoms with Gasteiger partial charge < -0.3 is 20.5 Å². The van der Waals surface area contributed by atoms with Crippen LogP contribution in [0.25, 0.3) is 0 Å². The van der Waals surface area contributed by atoms with Crippen molar-refractivity contribution in [2.75, 3.05) is 20.2 Å². The van der Waals surface area contributed by atoms with Crippen LogP contribution in [0.5, 0.6) is 0 Å². The van der Waals surface area contributed by atoms with E-state index < -0.39 is 12.1 Å². The van der Waals surface area contributed by atoms with Gasteiger partial charge in [-0.2, -0.15) is 0 Å². The van der Waals surface area contributed by atoms with E-state index in [1.807, 2.05) is 0 Å². The molecular weight excluding hydrogens is 266 g/mol. The fourth-order valence-corrected chi connectivity index (χ4v) is 3.24. The van der Waals surface area contributed by atoms with E-state index in [-0.39, 0.29) is 36.2 Å². The first-order valence-corrected chi connectivity index (χ1v) is 6.41. The summed E-state index contributed by atoms with van der Waals surface area (Å²) < 4.78 is 4.93. The number of carboxylic acids is 1. The second kappa shape index (κ2) is 4.48. The van der Waals surface area contributed by atoms with Gasteiger partial charge in [0.15, 0.2) is 0 Å². The third kappa shape index (κ3) is 1.68. The molecule has 2 fully saturated rings. The molecule has 3 N–H and O–H groups in total. The number of carboxylic acid groups (broad SMARTS) is 1. The lowest BCUT2D eigenvalue weighted by Gasteiger charge is -2.48. The molecule has 0 radical (unpaired) electrons. The molecule has 2 saturated heterocycles. The van der Waals surface area contributed by atoms with Crippen LogP contribution in [0.2, 0.25) is 0 Å². The summed E-state index contributed by atoms with van der Waals surface area (Å²) in [5, 5.41) is 14.7. The predicted octanol–water partition coefficient (Wildman–Crippen LogP) is -1.12. The average molecular weight is 281 g/mol. The fourth-order valence-electron chi connectivity index (χ4n) is 3.24. The number of β-lactam (4-membered cyclic amide) rings is 1. The Bertz CT molecular complexity index is 529. The number of amides is 2. The van der Waals surface area contributed by atoms with Crippen molar-refractivity contribution in [1.82, 2.24) is 15.5 Å². The van der Waals surface area contributed by atoms with Gasteiger partial charge in [0.2, 0.25) is 5.91 Å². The number of alkyl carbamates (subject to hydrolysis) is 1. The number of aliphatic carboxylic acids is 1. The van der Waals surface area contributed by atoms with E-state index in [9.17, 15) is 19.5 Å². The van der Waals surface area contributed by atoms with Crippen molar-refractivity contribution in [1.29, 1.82) is 0 Å². The van der Waals surface area contributed by atoms with Crippen LogP contribution in [0.1, 0.15) is 6.42 Å². The van der Waals surface area contributed by atoms with Gasteiger partial charge in [-0.3, -0.25) is 9.69 Å². The highest BCUT2D eigenvalue weighted by Crippen LogP contribution is 2.43. The zero-order valence-electron chi connectivity index (χ0n) is 10.9. The fraction of sp³-hybridized carbons (Fsp3) is 0.583. The largest absolute Gasteiger partial charge is 0.477 e. The van der Waals surface area contributed by atoms with E-state index in [4.69, 9.17) is 4.74 Å². The zero-order chi connectivity index (χ0) is 14.4. The molecule has 3 aliphatic heterocycles. The number of hydrogen-bond donors (Lipinski definition) is 3. The normalized spacial score (nSPS) is 30.8. The summed E-state index contributed by atoms with van der Waals surface area (Å²) in [5.41, 5.74) is 0.456. The molecular formula is C12H15N3O5. The van der Waals surface area contributed by atoms with E-state index in [0.717, 1.165) is 0 Å². The summed E-state index contributed by atoms with van der Waals surface area (Å²) in [5.74, 6) is -1.19. The van der Waals surface area contributed by atoms with Crippen LogP contribution in [0.4, 0.5) is 4.79 Å². The monoisotopic (exact) mass is 281 g/mol. The van der Waals surface area contributed by atoms with E-state index in [1.54, 1.807) is 0 Å². The minimum absolute atomic E-state index is 0.0277. The van der Waals surface area contributed by atoms with Gasteiger partial charge in [-0.05, 0) is 17.9 Å². The summed E-state index contributed by atoms with van der Waals surface area (Å²) in [6.45, 7) is 0.562. The highest BCUT2D eigenvalue weighted by Gasteiger charge is 2.59. The summed E-state index contributed by atoms with van der Waals surface area (Å²) in [6, 6.07) is -0.326. The summed E-state index contributed by atoms with van der Waals surface area (Å²) in [6.07, 6.45) is -0.0990. The SMILES string of the molecule is CNC(=O)OCC1=C(C(=O)O)N2C(=O)[C@H]3NC[C@@H](C1)[C@H]32. The van der Waals surface area contributed by atoms with Crippen molar-refractivity contribution in [2.45, 2.75) is 18.5 Å². The van der Waals surface area contributed by atoms with Crippen molar-refractivity contribution >= 4 is 18.0 Å². The second-order valence-corrected chi connectivity index (χ2v) is 5.13. The second-order valence-electron chi connectivity index (χ2n) is 5.13. The Hall–Kier alpha value is -2.09. The highest BCUT2D eigenvalue weighted by molar-refractivity contribution is 6.00. The van der Waals surface area contributed by atoms with Crippen LogP contribution in [-0.2, 0) is 14.3 Å². The topological polar surface area (TPSA) is 108 Å². The molecule has 3 rings (SSSR count). The van der Waals surface area contributed by atoms with Gasteiger partial charge in [0.1, 0.15) is 18.3 Å². The molecule has 3 heterocycles. The molecule has 0 saturated carbocycles. The van der Waals surface area contributed by atoms with Crippen LogP contribution in [0.3, 0.4) is 0 Å². The third-order valence-corrected chi connectivity index (χ3v) is 4.09. The van der Waals surface area contributed by atoms with Gasteiger partial charge in [0, 0.05) is 13.6 Å². The van der Waals surface area contributed by atoms with Crippen LogP contribution < -0.4 is 10.6 Å². The van der Waals surface area contributed by atoms with Crippen molar-refractivity contribution in [3.63, 3.8) is 0 Å².